The summed E-state index contributed by atoms with van der Waals surface area (Å²) in [6, 6.07) is 11.2. The summed E-state index contributed by atoms with van der Waals surface area (Å²) >= 11 is 0. The summed E-state index contributed by atoms with van der Waals surface area (Å²) in [5.41, 5.74) is 6.79. The van der Waals surface area contributed by atoms with Crippen LogP contribution in [0.4, 0.5) is 0 Å². The molecule has 1 aliphatic rings. The Bertz CT molecular complexity index is 677. The molecule has 0 atom stereocenters. The predicted molar refractivity (Wildman–Crippen MR) is 97.6 cm³/mol. The topological polar surface area (TPSA) is 77.2 Å². The number of nitrogens with one attached hydrogen (secondary N) is 1. The molecule has 1 aliphatic carbocycles. The largest absolute Gasteiger partial charge is 0.439 e. The minimum Gasteiger partial charge on any atom is -0.439 e. The highest BCUT2D eigenvalue weighted by Crippen LogP contribution is 2.27. The van der Waals surface area contributed by atoms with Gasteiger partial charge in [-0.3, -0.25) is 4.79 Å². The van der Waals surface area contributed by atoms with Gasteiger partial charge in [-0.2, -0.15) is 0 Å². The van der Waals surface area contributed by atoms with Crippen LogP contribution in [-0.2, 0) is 6.54 Å². The number of hydrogen-bond acceptors (Lipinski definition) is 4. The van der Waals surface area contributed by atoms with Gasteiger partial charge in [0.25, 0.3) is 0 Å². The zero-order valence-corrected chi connectivity index (χ0v) is 14.4. The van der Waals surface area contributed by atoms with Gasteiger partial charge in [-0.15, -0.1) is 0 Å². The van der Waals surface area contributed by atoms with Crippen molar-refractivity contribution in [2.75, 3.05) is 6.54 Å². The molecule has 1 saturated carbocycles. The normalized spacial score (nSPS) is 14.6. The van der Waals surface area contributed by atoms with E-state index in [2.05, 4.69) is 22.4 Å². The molecule has 1 aromatic carbocycles. The third-order valence-corrected chi connectivity index (χ3v) is 4.70. The lowest BCUT2D eigenvalue weighted by atomic mass is 10.0. The monoisotopic (exact) mass is 339 g/mol. The molecule has 1 fully saturated rings. The van der Waals surface area contributed by atoms with Crippen LogP contribution in [0.5, 0.6) is 11.6 Å². The third kappa shape index (κ3) is 5.29. The molecule has 0 radical (unpaired) electrons. The average Bonchev–Trinajstić information content (AvgIpc) is 3.14. The zero-order chi connectivity index (χ0) is 17.5. The molecule has 5 heteroatoms. The molecule has 1 amide bonds. The van der Waals surface area contributed by atoms with Gasteiger partial charge in [0.15, 0.2) is 0 Å². The van der Waals surface area contributed by atoms with E-state index >= 15 is 0 Å². The Labute approximate surface area is 148 Å². The molecule has 0 spiro atoms. The first-order valence-corrected chi connectivity index (χ1v) is 8.94. The average molecular weight is 339 g/mol. The SMILES string of the molecule is NC(=O)c1ccc(Oc2ccc(CNCCC3CCCC3)cc2)nc1. The van der Waals surface area contributed by atoms with Gasteiger partial charge in [0.1, 0.15) is 5.75 Å². The fourth-order valence-electron chi connectivity index (χ4n) is 3.22. The number of pyridine rings is 1. The number of hydrogen-bond donors (Lipinski definition) is 2. The molecule has 0 bridgehead atoms. The molecule has 132 valence electrons. The number of aromatic nitrogens is 1. The Morgan fingerprint density at radius 3 is 2.56 bits per heavy atom. The Kier molecular flexibility index (Phi) is 6.01. The number of primary amides is 1. The Hall–Kier alpha value is -2.40. The predicted octanol–water partition coefficient (Wildman–Crippen LogP) is 3.64. The molecule has 0 saturated heterocycles. The summed E-state index contributed by atoms with van der Waals surface area (Å²) in [7, 11) is 0. The van der Waals surface area contributed by atoms with E-state index < -0.39 is 5.91 Å². The Morgan fingerprint density at radius 1 is 1.16 bits per heavy atom. The van der Waals surface area contributed by atoms with Crippen molar-refractivity contribution in [3.05, 3.63) is 53.7 Å². The number of ether oxygens (including phenoxy) is 1. The van der Waals surface area contributed by atoms with E-state index in [0.29, 0.717) is 17.2 Å². The summed E-state index contributed by atoms with van der Waals surface area (Å²) < 4.78 is 5.68. The molecule has 2 aromatic rings. The lowest BCUT2D eigenvalue weighted by Gasteiger charge is -2.10. The lowest BCUT2D eigenvalue weighted by molar-refractivity contribution is 0.1000. The fourth-order valence-corrected chi connectivity index (χ4v) is 3.22. The van der Waals surface area contributed by atoms with Crippen molar-refractivity contribution in [3.8, 4) is 11.6 Å². The van der Waals surface area contributed by atoms with Crippen molar-refractivity contribution >= 4 is 5.91 Å². The van der Waals surface area contributed by atoms with Gasteiger partial charge < -0.3 is 15.8 Å². The maximum Gasteiger partial charge on any atom is 0.250 e. The van der Waals surface area contributed by atoms with Gasteiger partial charge in [-0.05, 0) is 42.6 Å². The van der Waals surface area contributed by atoms with Crippen LogP contribution in [-0.4, -0.2) is 17.4 Å². The first kappa shape index (κ1) is 17.4. The van der Waals surface area contributed by atoms with Crippen LogP contribution in [0.15, 0.2) is 42.6 Å². The number of nitrogens with two attached hydrogens (primary N) is 1. The summed E-state index contributed by atoms with van der Waals surface area (Å²) in [5.74, 6) is 1.59. The Morgan fingerprint density at radius 2 is 1.92 bits per heavy atom. The van der Waals surface area contributed by atoms with Crippen LogP contribution >= 0.6 is 0 Å². The van der Waals surface area contributed by atoms with Gasteiger partial charge in [0.2, 0.25) is 11.8 Å². The molecule has 0 aliphatic heterocycles. The second-order valence-electron chi connectivity index (χ2n) is 6.61. The number of carbonyl (C=O) groups excluding carboxylic acids is 1. The van der Waals surface area contributed by atoms with Crippen LogP contribution < -0.4 is 15.8 Å². The maximum atomic E-state index is 11.0. The van der Waals surface area contributed by atoms with Crippen LogP contribution in [0.25, 0.3) is 0 Å². The van der Waals surface area contributed by atoms with E-state index in [1.165, 1.54) is 43.9 Å². The van der Waals surface area contributed by atoms with Crippen molar-refractivity contribution in [1.29, 1.82) is 0 Å². The van der Waals surface area contributed by atoms with Crippen molar-refractivity contribution in [1.82, 2.24) is 10.3 Å². The van der Waals surface area contributed by atoms with E-state index in [9.17, 15) is 4.79 Å². The minimum absolute atomic E-state index is 0.367. The lowest BCUT2D eigenvalue weighted by Crippen LogP contribution is -2.16. The fraction of sp³-hybridized carbons (Fsp3) is 0.400. The summed E-state index contributed by atoms with van der Waals surface area (Å²) in [6.45, 7) is 1.96. The number of amides is 1. The smallest absolute Gasteiger partial charge is 0.250 e. The van der Waals surface area contributed by atoms with Crippen molar-refractivity contribution in [3.63, 3.8) is 0 Å². The molecule has 1 heterocycles. The van der Waals surface area contributed by atoms with Crippen LogP contribution in [0.1, 0.15) is 48.0 Å². The highest BCUT2D eigenvalue weighted by Gasteiger charge is 2.13. The third-order valence-electron chi connectivity index (χ3n) is 4.70. The molecular formula is C20H25N3O2. The standard InChI is InChI=1S/C20H25N3O2/c21-20(24)17-7-10-19(23-14-17)25-18-8-5-16(6-9-18)13-22-12-11-15-3-1-2-4-15/h5-10,14-15,22H,1-4,11-13H2,(H2,21,24). The minimum atomic E-state index is -0.496. The molecular weight excluding hydrogens is 314 g/mol. The molecule has 25 heavy (non-hydrogen) atoms. The number of carbonyl (C=O) groups is 1. The van der Waals surface area contributed by atoms with Crippen LogP contribution in [0, 0.1) is 5.92 Å². The number of benzene rings is 1. The molecule has 3 N–H and O–H groups in total. The second-order valence-corrected chi connectivity index (χ2v) is 6.61. The van der Waals surface area contributed by atoms with Gasteiger partial charge in [0.05, 0.1) is 5.56 Å². The van der Waals surface area contributed by atoms with Crippen LogP contribution in [0.2, 0.25) is 0 Å². The zero-order valence-electron chi connectivity index (χ0n) is 14.4. The maximum absolute atomic E-state index is 11.0. The molecule has 3 rings (SSSR count). The van der Waals surface area contributed by atoms with E-state index in [4.69, 9.17) is 10.5 Å². The highest BCUT2D eigenvalue weighted by molar-refractivity contribution is 5.92. The van der Waals surface area contributed by atoms with E-state index in [1.54, 1.807) is 12.1 Å². The number of rotatable bonds is 8. The van der Waals surface area contributed by atoms with E-state index in [0.717, 1.165) is 19.0 Å². The first-order chi connectivity index (χ1) is 12.2. The van der Waals surface area contributed by atoms with Gasteiger partial charge >= 0.3 is 0 Å². The quantitative estimate of drug-likeness (QED) is 0.720. The first-order valence-electron chi connectivity index (χ1n) is 8.94. The Balaban J connectivity index is 1.44. The van der Waals surface area contributed by atoms with E-state index in [-0.39, 0.29) is 0 Å². The molecule has 0 unspecified atom stereocenters. The van der Waals surface area contributed by atoms with Crippen molar-refractivity contribution in [2.45, 2.75) is 38.6 Å². The summed E-state index contributed by atoms with van der Waals surface area (Å²) in [5, 5.41) is 3.52. The summed E-state index contributed by atoms with van der Waals surface area (Å²) in [6.07, 6.45) is 8.33. The van der Waals surface area contributed by atoms with Gasteiger partial charge in [-0.25, -0.2) is 4.98 Å². The second kappa shape index (κ2) is 8.62. The van der Waals surface area contributed by atoms with Gasteiger partial charge in [-0.1, -0.05) is 37.8 Å². The molecule has 1 aromatic heterocycles. The highest BCUT2D eigenvalue weighted by atomic mass is 16.5. The van der Waals surface area contributed by atoms with Crippen molar-refractivity contribution < 1.29 is 9.53 Å². The number of nitrogens with zero attached hydrogens (tertiary/aromatic N) is 1. The van der Waals surface area contributed by atoms with E-state index in [1.807, 2.05) is 12.1 Å². The summed E-state index contributed by atoms with van der Waals surface area (Å²) in [4.78, 5) is 15.1. The molecule has 5 nitrogen and oxygen atoms in total. The van der Waals surface area contributed by atoms with Crippen molar-refractivity contribution in [2.24, 2.45) is 11.7 Å². The van der Waals surface area contributed by atoms with Crippen LogP contribution in [0.3, 0.4) is 0 Å². The van der Waals surface area contributed by atoms with Gasteiger partial charge in [0, 0.05) is 18.8 Å².